The third kappa shape index (κ3) is 15.0. The molecule has 0 aromatic heterocycles. The van der Waals surface area contributed by atoms with E-state index in [1.807, 2.05) is 0 Å². The second-order valence-electron chi connectivity index (χ2n) is 6.89. The van der Waals surface area contributed by atoms with Crippen LogP contribution in [0.4, 0.5) is 0 Å². The predicted octanol–water partition coefficient (Wildman–Crippen LogP) is 3.94. The van der Waals surface area contributed by atoms with Crippen LogP contribution in [0.2, 0.25) is 0 Å². The molecule has 0 aliphatic heterocycles. The molecule has 0 radical (unpaired) electrons. The fourth-order valence-electron chi connectivity index (χ4n) is 1.57. The van der Waals surface area contributed by atoms with Gasteiger partial charge in [0.1, 0.15) is 12.2 Å². The minimum atomic E-state index is -2.95. The van der Waals surface area contributed by atoms with Gasteiger partial charge in [0, 0.05) is 53.3 Å². The zero-order chi connectivity index (χ0) is 19.4. The molecule has 0 saturated heterocycles. The summed E-state index contributed by atoms with van der Waals surface area (Å²) >= 11 is 0. The van der Waals surface area contributed by atoms with Gasteiger partial charge in [0.15, 0.2) is 29.5 Å². The first-order valence-electron chi connectivity index (χ1n) is 7.24. The summed E-state index contributed by atoms with van der Waals surface area (Å²) < 4.78 is 69.3. The van der Waals surface area contributed by atoms with E-state index in [-0.39, 0.29) is 13.2 Å². The van der Waals surface area contributed by atoms with Crippen molar-refractivity contribution in [3.63, 3.8) is 0 Å². The van der Waals surface area contributed by atoms with E-state index in [0.717, 1.165) is 0 Å². The maximum absolute atomic E-state index is 12.1. The van der Waals surface area contributed by atoms with Crippen molar-refractivity contribution in [1.82, 2.24) is 0 Å². The lowest BCUT2D eigenvalue weighted by Gasteiger charge is -2.30. The summed E-state index contributed by atoms with van der Waals surface area (Å²) in [6, 6.07) is 0. The normalized spacial score (nSPS) is 16.8. The Bertz CT molecular complexity index is 528. The fraction of sp³-hybridized carbons (Fsp3) is 1.00. The van der Waals surface area contributed by atoms with E-state index in [1.165, 1.54) is 53.3 Å². The number of rotatable bonds is 11. The van der Waals surface area contributed by atoms with E-state index in [4.69, 9.17) is 18.1 Å². The van der Waals surface area contributed by atoms with Crippen molar-refractivity contribution in [1.29, 1.82) is 0 Å². The molecular formula is C12H30O8P4. The number of hydrogen-bond donors (Lipinski definition) is 0. The molecule has 0 heterocycles. The van der Waals surface area contributed by atoms with E-state index in [9.17, 15) is 18.3 Å². The minimum Gasteiger partial charge on any atom is -0.326 e. The maximum Gasteiger partial charge on any atom is 0.197 e. The lowest BCUT2D eigenvalue weighted by Crippen LogP contribution is -2.37. The maximum atomic E-state index is 12.1. The first-order chi connectivity index (χ1) is 10.4. The first-order valence-corrected chi connectivity index (χ1v) is 17.3. The lowest BCUT2D eigenvalue weighted by atomic mass is 10.2. The first kappa shape index (κ1) is 24.8. The molecular weight excluding hydrogens is 396 g/mol. The van der Waals surface area contributed by atoms with Crippen LogP contribution in [-0.2, 0) is 36.4 Å². The van der Waals surface area contributed by atoms with Crippen LogP contribution in [0.5, 0.6) is 0 Å². The van der Waals surface area contributed by atoms with Crippen LogP contribution in [0.15, 0.2) is 0 Å². The van der Waals surface area contributed by atoms with E-state index in [1.54, 1.807) is 0 Å². The standard InChI is InChI=1S/C12H30O8P4/c1-21(2,13)17-9-11(19-23(5,6)15)12(20-24(7,8)16)10-18-22(3,4)14/h11-12H,9-10H2,1-8H3. The summed E-state index contributed by atoms with van der Waals surface area (Å²) in [4.78, 5) is 0. The van der Waals surface area contributed by atoms with E-state index in [2.05, 4.69) is 0 Å². The molecule has 0 saturated carbocycles. The molecule has 0 rings (SSSR count). The molecule has 0 bridgehead atoms. The molecule has 24 heavy (non-hydrogen) atoms. The summed E-state index contributed by atoms with van der Waals surface area (Å²) in [5, 5.41) is 0. The van der Waals surface area contributed by atoms with Crippen molar-refractivity contribution in [3.05, 3.63) is 0 Å². The van der Waals surface area contributed by atoms with Gasteiger partial charge >= 0.3 is 0 Å². The lowest BCUT2D eigenvalue weighted by molar-refractivity contribution is 0.00535. The largest absolute Gasteiger partial charge is 0.326 e. The zero-order valence-corrected chi connectivity index (χ0v) is 19.2. The molecule has 0 N–H and O–H groups in total. The van der Waals surface area contributed by atoms with E-state index < -0.39 is 41.7 Å². The highest BCUT2D eigenvalue weighted by molar-refractivity contribution is 7.58. The molecule has 0 aromatic carbocycles. The molecule has 8 nitrogen and oxygen atoms in total. The number of hydrogen-bond acceptors (Lipinski definition) is 8. The van der Waals surface area contributed by atoms with Crippen molar-refractivity contribution in [3.8, 4) is 0 Å². The molecule has 146 valence electrons. The Balaban J connectivity index is 5.41. The van der Waals surface area contributed by atoms with Gasteiger partial charge in [-0.25, -0.2) is 0 Å². The Kier molecular flexibility index (Phi) is 9.40. The highest BCUT2D eigenvalue weighted by Gasteiger charge is 2.33. The average molecular weight is 426 g/mol. The van der Waals surface area contributed by atoms with Crippen LogP contribution >= 0.6 is 29.5 Å². The van der Waals surface area contributed by atoms with Gasteiger partial charge in [-0.2, -0.15) is 0 Å². The second kappa shape index (κ2) is 9.11. The molecule has 0 aliphatic carbocycles. The van der Waals surface area contributed by atoms with E-state index >= 15 is 0 Å². The molecule has 0 spiro atoms. The van der Waals surface area contributed by atoms with Crippen molar-refractivity contribution < 1.29 is 36.4 Å². The fourth-order valence-corrected chi connectivity index (χ4v) is 4.28. The quantitative estimate of drug-likeness (QED) is 0.458. The van der Waals surface area contributed by atoms with E-state index in [0.29, 0.717) is 0 Å². The van der Waals surface area contributed by atoms with Gasteiger partial charge in [0.05, 0.1) is 13.2 Å². The van der Waals surface area contributed by atoms with Crippen LogP contribution in [-0.4, -0.2) is 78.7 Å². The molecule has 0 aromatic rings. The summed E-state index contributed by atoms with van der Waals surface area (Å²) in [5.41, 5.74) is 0. The molecule has 2 atom stereocenters. The van der Waals surface area contributed by atoms with Gasteiger partial charge < -0.3 is 18.1 Å². The topological polar surface area (TPSA) is 105 Å². The van der Waals surface area contributed by atoms with Crippen LogP contribution in [0, 0.1) is 0 Å². The third-order valence-corrected chi connectivity index (χ3v) is 5.39. The van der Waals surface area contributed by atoms with Gasteiger partial charge in [0.25, 0.3) is 0 Å². The third-order valence-electron chi connectivity index (χ3n) is 2.29. The van der Waals surface area contributed by atoms with Crippen molar-refractivity contribution in [2.75, 3.05) is 66.5 Å². The van der Waals surface area contributed by atoms with Crippen LogP contribution in [0.1, 0.15) is 0 Å². The van der Waals surface area contributed by atoms with Crippen LogP contribution in [0.25, 0.3) is 0 Å². The Hall–Kier alpha value is 0.760. The smallest absolute Gasteiger partial charge is 0.197 e. The summed E-state index contributed by atoms with van der Waals surface area (Å²) in [6.07, 6.45) is -1.86. The predicted molar refractivity (Wildman–Crippen MR) is 99.5 cm³/mol. The van der Waals surface area contributed by atoms with Crippen molar-refractivity contribution in [2.45, 2.75) is 12.2 Å². The van der Waals surface area contributed by atoms with Crippen molar-refractivity contribution >= 4 is 29.5 Å². The zero-order valence-electron chi connectivity index (χ0n) is 15.6. The molecule has 12 heteroatoms. The summed E-state index contributed by atoms with van der Waals surface area (Å²) in [5.74, 6) is 0. The highest BCUT2D eigenvalue weighted by atomic mass is 31.2. The summed E-state index contributed by atoms with van der Waals surface area (Å²) in [7, 11) is -11.5. The van der Waals surface area contributed by atoms with Crippen LogP contribution in [0.3, 0.4) is 0 Å². The monoisotopic (exact) mass is 426 g/mol. The van der Waals surface area contributed by atoms with Gasteiger partial charge in [0.2, 0.25) is 0 Å². The van der Waals surface area contributed by atoms with Gasteiger partial charge in [-0.05, 0) is 0 Å². The minimum absolute atomic E-state index is 0.179. The van der Waals surface area contributed by atoms with Gasteiger partial charge in [-0.1, -0.05) is 0 Å². The Morgan fingerprint density at radius 2 is 0.792 bits per heavy atom. The second-order valence-corrected chi connectivity index (χ2v) is 17.8. The highest BCUT2D eigenvalue weighted by Crippen LogP contribution is 2.47. The molecule has 0 aliphatic rings. The molecule has 0 amide bonds. The Morgan fingerprint density at radius 3 is 0.958 bits per heavy atom. The Labute approximate surface area is 145 Å². The van der Waals surface area contributed by atoms with Crippen molar-refractivity contribution in [2.24, 2.45) is 0 Å². The van der Waals surface area contributed by atoms with Gasteiger partial charge in [-0.15, -0.1) is 0 Å². The van der Waals surface area contributed by atoms with Crippen LogP contribution < -0.4 is 0 Å². The SMILES string of the molecule is CP(C)(=O)OCC(OP(C)(C)=O)C(COP(C)(C)=O)OP(C)(C)=O. The average Bonchev–Trinajstić information content (AvgIpc) is 2.25. The summed E-state index contributed by atoms with van der Waals surface area (Å²) in [6.45, 7) is 11.0. The molecule has 2 unspecified atom stereocenters. The molecule has 0 fully saturated rings. The Morgan fingerprint density at radius 1 is 0.542 bits per heavy atom. The van der Waals surface area contributed by atoms with Gasteiger partial charge in [-0.3, -0.25) is 18.3 Å².